The minimum atomic E-state index is -0.122. The molecule has 0 saturated heterocycles. The number of fused-ring (bicyclic) bond motifs is 1. The lowest BCUT2D eigenvalue weighted by Gasteiger charge is -2.11. The minimum absolute atomic E-state index is 0.122. The smallest absolute Gasteiger partial charge is 0.266 e. The van der Waals surface area contributed by atoms with Crippen molar-refractivity contribution in [2.24, 2.45) is 0 Å². The highest BCUT2D eigenvalue weighted by atomic mass is 35.5. The third-order valence-corrected chi connectivity index (χ3v) is 5.04. The van der Waals surface area contributed by atoms with E-state index in [1.54, 1.807) is 22.8 Å². The molecular weight excluding hydrogens is 379 g/mol. The minimum Gasteiger partial charge on any atom is -0.268 e. The van der Waals surface area contributed by atoms with Crippen molar-refractivity contribution in [3.05, 3.63) is 105 Å². The van der Waals surface area contributed by atoms with Gasteiger partial charge < -0.3 is 0 Å². The van der Waals surface area contributed by atoms with Crippen LogP contribution in [0.5, 0.6) is 0 Å². The van der Waals surface area contributed by atoms with Gasteiger partial charge in [0, 0.05) is 0 Å². The molecule has 0 fully saturated rings. The predicted octanol–water partition coefficient (Wildman–Crippen LogP) is 5.86. The molecule has 0 radical (unpaired) electrons. The SMILES string of the molecule is O=c1c2ccccc2nc(/C=C/c2cccc(Cl)c2Cl)n1-c1ccccc1. The number of benzene rings is 3. The zero-order valence-corrected chi connectivity index (χ0v) is 15.7. The molecule has 0 aliphatic rings. The van der Waals surface area contributed by atoms with E-state index < -0.39 is 0 Å². The van der Waals surface area contributed by atoms with Gasteiger partial charge in [0.25, 0.3) is 5.56 Å². The molecule has 0 atom stereocenters. The summed E-state index contributed by atoms with van der Waals surface area (Å²) in [6.45, 7) is 0. The monoisotopic (exact) mass is 392 g/mol. The van der Waals surface area contributed by atoms with Crippen molar-refractivity contribution in [2.45, 2.75) is 0 Å². The third-order valence-electron chi connectivity index (χ3n) is 4.21. The molecular formula is C22H14Cl2N2O. The lowest BCUT2D eigenvalue weighted by molar-refractivity contribution is 0.944. The largest absolute Gasteiger partial charge is 0.268 e. The van der Waals surface area contributed by atoms with Gasteiger partial charge in [0.1, 0.15) is 5.82 Å². The summed E-state index contributed by atoms with van der Waals surface area (Å²) in [4.78, 5) is 17.8. The van der Waals surface area contributed by atoms with Gasteiger partial charge in [0.05, 0.1) is 26.6 Å². The van der Waals surface area contributed by atoms with Crippen LogP contribution in [0.25, 0.3) is 28.7 Å². The van der Waals surface area contributed by atoms with Crippen LogP contribution >= 0.6 is 23.2 Å². The zero-order valence-electron chi connectivity index (χ0n) is 14.1. The molecule has 1 aromatic heterocycles. The fraction of sp³-hybridized carbons (Fsp3) is 0. The second kappa shape index (κ2) is 7.39. The molecule has 0 unspecified atom stereocenters. The van der Waals surface area contributed by atoms with Crippen molar-refractivity contribution in [3.63, 3.8) is 0 Å². The van der Waals surface area contributed by atoms with Crippen LogP contribution in [0.1, 0.15) is 11.4 Å². The molecule has 0 aliphatic carbocycles. The van der Waals surface area contributed by atoms with Crippen LogP contribution in [0.4, 0.5) is 0 Å². The first-order valence-electron chi connectivity index (χ1n) is 8.34. The van der Waals surface area contributed by atoms with Gasteiger partial charge >= 0.3 is 0 Å². The van der Waals surface area contributed by atoms with E-state index in [1.165, 1.54) is 0 Å². The number of nitrogens with zero attached hydrogens (tertiary/aromatic N) is 2. The fourth-order valence-corrected chi connectivity index (χ4v) is 3.27. The van der Waals surface area contributed by atoms with Gasteiger partial charge in [-0.05, 0) is 48.0 Å². The molecule has 3 nitrogen and oxygen atoms in total. The first-order valence-corrected chi connectivity index (χ1v) is 9.10. The van der Waals surface area contributed by atoms with Crippen molar-refractivity contribution >= 4 is 46.3 Å². The standard InChI is InChI=1S/C22H14Cl2N2O/c23-18-11-6-7-15(21(18)24)13-14-20-25-19-12-5-4-10-17(19)22(27)26(20)16-8-2-1-3-9-16/h1-14H/b14-13+. The number of aromatic nitrogens is 2. The van der Waals surface area contributed by atoms with Crippen molar-refractivity contribution in [1.29, 1.82) is 0 Å². The van der Waals surface area contributed by atoms with Crippen molar-refractivity contribution in [3.8, 4) is 5.69 Å². The number of rotatable bonds is 3. The molecule has 3 aromatic carbocycles. The average molecular weight is 393 g/mol. The Morgan fingerprint density at radius 2 is 1.56 bits per heavy atom. The van der Waals surface area contributed by atoms with Gasteiger partial charge in [-0.2, -0.15) is 0 Å². The Morgan fingerprint density at radius 1 is 0.815 bits per heavy atom. The summed E-state index contributed by atoms with van der Waals surface area (Å²) in [5.74, 6) is 0.515. The van der Waals surface area contributed by atoms with Crippen molar-refractivity contribution in [2.75, 3.05) is 0 Å². The van der Waals surface area contributed by atoms with Gasteiger partial charge in [-0.3, -0.25) is 9.36 Å². The van der Waals surface area contributed by atoms with Gasteiger partial charge in [-0.1, -0.05) is 65.7 Å². The summed E-state index contributed by atoms with van der Waals surface area (Å²) in [6.07, 6.45) is 3.59. The summed E-state index contributed by atoms with van der Waals surface area (Å²) in [7, 11) is 0. The fourth-order valence-electron chi connectivity index (χ4n) is 2.90. The van der Waals surface area contributed by atoms with Gasteiger partial charge in [0.2, 0.25) is 0 Å². The summed E-state index contributed by atoms with van der Waals surface area (Å²) >= 11 is 12.4. The van der Waals surface area contributed by atoms with E-state index in [9.17, 15) is 4.79 Å². The highest BCUT2D eigenvalue weighted by molar-refractivity contribution is 6.42. The van der Waals surface area contributed by atoms with Gasteiger partial charge in [-0.25, -0.2) is 4.98 Å². The number of para-hydroxylation sites is 2. The van der Waals surface area contributed by atoms with Crippen LogP contribution in [0.3, 0.4) is 0 Å². The van der Waals surface area contributed by atoms with Crippen LogP contribution in [0.15, 0.2) is 77.6 Å². The van der Waals surface area contributed by atoms with Crippen LogP contribution in [-0.2, 0) is 0 Å². The summed E-state index contributed by atoms with van der Waals surface area (Å²) < 4.78 is 1.59. The van der Waals surface area contributed by atoms with Crippen molar-refractivity contribution < 1.29 is 0 Å². The van der Waals surface area contributed by atoms with Crippen LogP contribution in [0, 0.1) is 0 Å². The zero-order chi connectivity index (χ0) is 18.8. The first-order chi connectivity index (χ1) is 13.1. The second-order valence-corrected chi connectivity index (χ2v) is 6.72. The molecule has 4 aromatic rings. The van der Waals surface area contributed by atoms with E-state index in [-0.39, 0.29) is 5.56 Å². The molecule has 27 heavy (non-hydrogen) atoms. The Labute approximate surface area is 166 Å². The van der Waals surface area contributed by atoms with Crippen LogP contribution in [0.2, 0.25) is 10.0 Å². The number of halogens is 2. The van der Waals surface area contributed by atoms with E-state index in [4.69, 9.17) is 23.2 Å². The quantitative estimate of drug-likeness (QED) is 0.437. The van der Waals surface area contributed by atoms with Gasteiger partial charge in [0.15, 0.2) is 0 Å². The maximum atomic E-state index is 13.1. The van der Waals surface area contributed by atoms with E-state index in [2.05, 4.69) is 4.98 Å². The molecule has 0 saturated carbocycles. The number of hydrogen-bond donors (Lipinski definition) is 0. The Hall–Kier alpha value is -2.88. The average Bonchev–Trinajstić information content (AvgIpc) is 2.70. The molecule has 5 heteroatoms. The Morgan fingerprint density at radius 3 is 2.37 bits per heavy atom. The van der Waals surface area contributed by atoms with Crippen molar-refractivity contribution in [1.82, 2.24) is 9.55 Å². The molecule has 132 valence electrons. The molecule has 0 bridgehead atoms. The lowest BCUT2D eigenvalue weighted by atomic mass is 10.2. The molecule has 0 amide bonds. The first kappa shape index (κ1) is 17.5. The van der Waals surface area contributed by atoms with Crippen LogP contribution < -0.4 is 5.56 Å². The third kappa shape index (κ3) is 3.39. The summed E-state index contributed by atoms with van der Waals surface area (Å²) in [6, 6.07) is 22.2. The highest BCUT2D eigenvalue weighted by Crippen LogP contribution is 2.27. The van der Waals surface area contributed by atoms with E-state index in [0.717, 1.165) is 11.3 Å². The molecule has 0 spiro atoms. The predicted molar refractivity (Wildman–Crippen MR) is 113 cm³/mol. The summed E-state index contributed by atoms with van der Waals surface area (Å²) in [5.41, 5.74) is 2.03. The van der Waals surface area contributed by atoms with Gasteiger partial charge in [-0.15, -0.1) is 0 Å². The Kier molecular flexibility index (Phi) is 4.80. The normalized spacial score (nSPS) is 11.3. The topological polar surface area (TPSA) is 34.9 Å². The molecule has 0 N–H and O–H groups in total. The number of hydrogen-bond acceptors (Lipinski definition) is 2. The van der Waals surface area contributed by atoms with Crippen LogP contribution in [-0.4, -0.2) is 9.55 Å². The molecule has 0 aliphatic heterocycles. The Bertz CT molecular complexity index is 1210. The maximum Gasteiger partial charge on any atom is 0.266 e. The summed E-state index contributed by atoms with van der Waals surface area (Å²) in [5, 5.41) is 1.51. The molecule has 1 heterocycles. The van der Waals surface area contributed by atoms with E-state index in [1.807, 2.05) is 66.7 Å². The van der Waals surface area contributed by atoms with E-state index >= 15 is 0 Å². The lowest BCUT2D eigenvalue weighted by Crippen LogP contribution is -2.22. The highest BCUT2D eigenvalue weighted by Gasteiger charge is 2.11. The Balaban J connectivity index is 1.95. The second-order valence-electron chi connectivity index (χ2n) is 5.94. The molecule has 4 rings (SSSR count). The van der Waals surface area contributed by atoms with E-state index in [0.29, 0.717) is 26.8 Å². The maximum absolute atomic E-state index is 13.1.